The molecule has 24 heavy (non-hydrogen) atoms. The SMILES string of the molecule is CCc1ccc([C@H]2COCCN2C(=O)c2ccccc2[N+](=O)[O-])o1. The summed E-state index contributed by atoms with van der Waals surface area (Å²) in [6.07, 6.45) is 0.756. The van der Waals surface area contributed by atoms with E-state index in [0.717, 1.165) is 12.2 Å². The minimum Gasteiger partial charge on any atom is -0.464 e. The van der Waals surface area contributed by atoms with Crippen LogP contribution in [0.3, 0.4) is 0 Å². The van der Waals surface area contributed by atoms with Crippen molar-refractivity contribution in [1.29, 1.82) is 0 Å². The van der Waals surface area contributed by atoms with Crippen LogP contribution in [0.2, 0.25) is 0 Å². The van der Waals surface area contributed by atoms with Crippen molar-refractivity contribution in [3.8, 4) is 0 Å². The van der Waals surface area contributed by atoms with Crippen LogP contribution in [-0.2, 0) is 11.2 Å². The first kappa shape index (κ1) is 16.2. The van der Waals surface area contributed by atoms with Crippen molar-refractivity contribution >= 4 is 11.6 Å². The third-order valence-corrected chi connectivity index (χ3v) is 4.08. The smallest absolute Gasteiger partial charge is 0.282 e. The number of hydrogen-bond donors (Lipinski definition) is 0. The Morgan fingerprint density at radius 3 is 2.83 bits per heavy atom. The number of carbonyl (C=O) groups excluding carboxylic acids is 1. The summed E-state index contributed by atoms with van der Waals surface area (Å²) < 4.78 is 11.2. The quantitative estimate of drug-likeness (QED) is 0.635. The number of amides is 1. The molecule has 2 heterocycles. The van der Waals surface area contributed by atoms with Crippen LogP contribution in [0.15, 0.2) is 40.8 Å². The van der Waals surface area contributed by atoms with E-state index in [4.69, 9.17) is 9.15 Å². The number of ether oxygens (including phenoxy) is 1. The molecule has 1 amide bonds. The van der Waals surface area contributed by atoms with E-state index >= 15 is 0 Å². The van der Waals surface area contributed by atoms with Gasteiger partial charge in [-0.25, -0.2) is 0 Å². The van der Waals surface area contributed by atoms with E-state index in [-0.39, 0.29) is 23.2 Å². The van der Waals surface area contributed by atoms with Gasteiger partial charge in [-0.2, -0.15) is 0 Å². The Balaban J connectivity index is 1.93. The zero-order valence-electron chi connectivity index (χ0n) is 13.3. The Labute approximate surface area is 139 Å². The molecule has 0 unspecified atom stereocenters. The molecular formula is C17H18N2O5. The number of furan rings is 1. The lowest BCUT2D eigenvalue weighted by Gasteiger charge is -2.34. The summed E-state index contributed by atoms with van der Waals surface area (Å²) in [6, 6.07) is 9.31. The number of carbonyl (C=O) groups is 1. The van der Waals surface area contributed by atoms with E-state index < -0.39 is 4.92 Å². The van der Waals surface area contributed by atoms with E-state index in [1.165, 1.54) is 12.1 Å². The van der Waals surface area contributed by atoms with Crippen molar-refractivity contribution in [2.75, 3.05) is 19.8 Å². The second-order valence-electron chi connectivity index (χ2n) is 5.52. The topological polar surface area (TPSA) is 85.8 Å². The molecular weight excluding hydrogens is 312 g/mol. The number of morpholine rings is 1. The Morgan fingerprint density at radius 2 is 2.12 bits per heavy atom. The Hall–Kier alpha value is -2.67. The Bertz CT molecular complexity index is 755. The molecule has 3 rings (SSSR count). The van der Waals surface area contributed by atoms with Crippen LogP contribution < -0.4 is 0 Å². The van der Waals surface area contributed by atoms with Crippen LogP contribution in [0.1, 0.15) is 34.8 Å². The molecule has 0 bridgehead atoms. The maximum Gasteiger partial charge on any atom is 0.282 e. The number of nitrogens with zero attached hydrogens (tertiary/aromatic N) is 2. The molecule has 7 nitrogen and oxygen atoms in total. The molecule has 1 aromatic heterocycles. The zero-order valence-corrected chi connectivity index (χ0v) is 13.3. The van der Waals surface area contributed by atoms with Gasteiger partial charge in [-0.15, -0.1) is 0 Å². The molecule has 1 aliphatic heterocycles. The van der Waals surface area contributed by atoms with Crippen LogP contribution >= 0.6 is 0 Å². The normalized spacial score (nSPS) is 17.7. The van der Waals surface area contributed by atoms with Crippen molar-refractivity contribution < 1.29 is 18.9 Å². The minimum absolute atomic E-state index is 0.0803. The van der Waals surface area contributed by atoms with Crippen LogP contribution in [-0.4, -0.2) is 35.5 Å². The average molecular weight is 330 g/mol. The summed E-state index contributed by atoms with van der Waals surface area (Å²) in [4.78, 5) is 25.2. The molecule has 126 valence electrons. The van der Waals surface area contributed by atoms with Crippen LogP contribution in [0.4, 0.5) is 5.69 Å². The van der Waals surface area contributed by atoms with Gasteiger partial charge in [-0.3, -0.25) is 14.9 Å². The highest BCUT2D eigenvalue weighted by Gasteiger charge is 2.34. The summed E-state index contributed by atoms with van der Waals surface area (Å²) in [5.74, 6) is 1.08. The van der Waals surface area contributed by atoms with Crippen LogP contribution in [0.5, 0.6) is 0 Å². The zero-order chi connectivity index (χ0) is 17.1. The van der Waals surface area contributed by atoms with Gasteiger partial charge in [0.15, 0.2) is 0 Å². The number of rotatable bonds is 4. The molecule has 1 fully saturated rings. The summed E-state index contributed by atoms with van der Waals surface area (Å²) in [5, 5.41) is 11.2. The highest BCUT2D eigenvalue weighted by atomic mass is 16.6. The molecule has 0 N–H and O–H groups in total. The highest BCUT2D eigenvalue weighted by Crippen LogP contribution is 2.29. The van der Waals surface area contributed by atoms with Crippen molar-refractivity contribution in [2.45, 2.75) is 19.4 Å². The molecule has 0 saturated carbocycles. The van der Waals surface area contributed by atoms with Crippen molar-refractivity contribution in [1.82, 2.24) is 4.90 Å². The van der Waals surface area contributed by atoms with Gasteiger partial charge in [0.25, 0.3) is 11.6 Å². The Morgan fingerprint density at radius 1 is 1.33 bits per heavy atom. The van der Waals surface area contributed by atoms with Crippen LogP contribution in [0, 0.1) is 10.1 Å². The van der Waals surface area contributed by atoms with Crippen molar-refractivity contribution in [2.24, 2.45) is 0 Å². The third kappa shape index (κ3) is 3.03. The van der Waals surface area contributed by atoms with Gasteiger partial charge in [-0.05, 0) is 18.2 Å². The largest absolute Gasteiger partial charge is 0.464 e. The number of nitro groups is 1. The lowest BCUT2D eigenvalue weighted by molar-refractivity contribution is -0.385. The summed E-state index contributed by atoms with van der Waals surface area (Å²) in [6.45, 7) is 3.04. The monoisotopic (exact) mass is 330 g/mol. The van der Waals surface area contributed by atoms with Crippen molar-refractivity contribution in [3.05, 3.63) is 63.6 Å². The van der Waals surface area contributed by atoms with Gasteiger partial charge in [0.2, 0.25) is 0 Å². The molecule has 0 spiro atoms. The predicted molar refractivity (Wildman–Crippen MR) is 85.8 cm³/mol. The fraction of sp³-hybridized carbons (Fsp3) is 0.353. The van der Waals surface area contributed by atoms with E-state index in [1.54, 1.807) is 17.0 Å². The fourth-order valence-electron chi connectivity index (χ4n) is 2.81. The van der Waals surface area contributed by atoms with E-state index in [0.29, 0.717) is 25.5 Å². The maximum atomic E-state index is 12.9. The number of nitro benzene ring substituents is 1. The number of aryl methyl sites for hydroxylation is 1. The molecule has 1 saturated heterocycles. The molecule has 1 aromatic carbocycles. The third-order valence-electron chi connectivity index (χ3n) is 4.08. The number of para-hydroxylation sites is 1. The minimum atomic E-state index is -0.537. The second-order valence-corrected chi connectivity index (χ2v) is 5.52. The molecule has 1 atom stereocenters. The van der Waals surface area contributed by atoms with E-state index in [1.807, 2.05) is 19.1 Å². The first-order valence-corrected chi connectivity index (χ1v) is 7.82. The second kappa shape index (κ2) is 6.84. The summed E-state index contributed by atoms with van der Waals surface area (Å²) in [7, 11) is 0. The first-order chi connectivity index (χ1) is 11.6. The fourth-order valence-corrected chi connectivity index (χ4v) is 2.81. The van der Waals surface area contributed by atoms with Crippen molar-refractivity contribution in [3.63, 3.8) is 0 Å². The highest BCUT2D eigenvalue weighted by molar-refractivity contribution is 5.98. The molecule has 1 aliphatic rings. The van der Waals surface area contributed by atoms with Gasteiger partial charge in [0.05, 0.1) is 18.1 Å². The molecule has 0 aliphatic carbocycles. The van der Waals surface area contributed by atoms with E-state index in [2.05, 4.69) is 0 Å². The average Bonchev–Trinajstić information content (AvgIpc) is 3.10. The molecule has 2 aromatic rings. The molecule has 7 heteroatoms. The van der Waals surface area contributed by atoms with Gasteiger partial charge in [0, 0.05) is 19.0 Å². The standard InChI is InChI=1S/C17H18N2O5/c1-2-12-7-8-16(24-12)15-11-23-10-9-18(15)17(20)13-5-3-4-6-14(13)19(21)22/h3-8,15H,2,9-11H2,1H3/t15-/m1/s1. The van der Waals surface area contributed by atoms with Gasteiger partial charge in [0.1, 0.15) is 23.1 Å². The molecule has 0 radical (unpaired) electrons. The number of hydrogen-bond acceptors (Lipinski definition) is 5. The maximum absolute atomic E-state index is 12.9. The first-order valence-electron chi connectivity index (χ1n) is 7.82. The summed E-state index contributed by atoms with van der Waals surface area (Å²) in [5.41, 5.74) is -0.113. The lowest BCUT2D eigenvalue weighted by Crippen LogP contribution is -2.43. The van der Waals surface area contributed by atoms with Crippen LogP contribution in [0.25, 0.3) is 0 Å². The van der Waals surface area contributed by atoms with E-state index in [9.17, 15) is 14.9 Å². The van der Waals surface area contributed by atoms with Gasteiger partial charge in [-0.1, -0.05) is 19.1 Å². The predicted octanol–water partition coefficient (Wildman–Crippen LogP) is 2.96. The lowest BCUT2D eigenvalue weighted by atomic mass is 10.1. The Kier molecular flexibility index (Phi) is 4.61. The van der Waals surface area contributed by atoms with Gasteiger partial charge < -0.3 is 14.1 Å². The number of benzene rings is 1. The van der Waals surface area contributed by atoms with Gasteiger partial charge >= 0.3 is 0 Å². The summed E-state index contributed by atoms with van der Waals surface area (Å²) >= 11 is 0.